The maximum Gasteiger partial charge on any atom is 0.271 e. The van der Waals surface area contributed by atoms with E-state index in [9.17, 15) is 13.2 Å². The number of nitrogens with one attached hydrogen (secondary N) is 1. The molecule has 0 radical (unpaired) electrons. The van der Waals surface area contributed by atoms with Crippen LogP contribution < -0.4 is 5.32 Å². The molecule has 1 N–H and O–H groups in total. The number of carbonyl (C=O) groups is 1. The Morgan fingerprint density at radius 2 is 1.81 bits per heavy atom. The molecule has 0 bridgehead atoms. The van der Waals surface area contributed by atoms with Crippen molar-refractivity contribution in [2.75, 3.05) is 25.4 Å². The number of hydrogen-bond acceptors (Lipinski definition) is 4. The number of aromatic nitrogens is 2. The Hall–Kier alpha value is -2.19. The second-order valence-electron chi connectivity index (χ2n) is 6.94. The second-order valence-corrected chi connectivity index (χ2v) is 9.02. The Morgan fingerprint density at radius 1 is 1.15 bits per heavy atom. The summed E-state index contributed by atoms with van der Waals surface area (Å²) in [6, 6.07) is 9.71. The first-order valence-corrected chi connectivity index (χ1v) is 10.8. The summed E-state index contributed by atoms with van der Waals surface area (Å²) in [5.41, 5.74) is 3.25. The van der Waals surface area contributed by atoms with Gasteiger partial charge in [0.2, 0.25) is 10.0 Å². The number of amides is 1. The largest absolute Gasteiger partial charge is 0.350 e. The number of benzene rings is 1. The van der Waals surface area contributed by atoms with Crippen molar-refractivity contribution in [1.82, 2.24) is 19.4 Å². The van der Waals surface area contributed by atoms with Crippen LogP contribution in [0.25, 0.3) is 11.3 Å². The second kappa shape index (κ2) is 8.22. The van der Waals surface area contributed by atoms with Crippen molar-refractivity contribution in [1.29, 1.82) is 0 Å². The average molecular weight is 391 g/mol. The molecule has 1 aliphatic heterocycles. The van der Waals surface area contributed by atoms with Gasteiger partial charge in [0.1, 0.15) is 0 Å². The number of hydrogen-bond donors (Lipinski definition) is 1. The smallest absolute Gasteiger partial charge is 0.271 e. The number of rotatable bonds is 6. The lowest BCUT2D eigenvalue weighted by Gasteiger charge is -2.25. The van der Waals surface area contributed by atoms with Crippen LogP contribution in [0.1, 0.15) is 35.3 Å². The van der Waals surface area contributed by atoms with E-state index in [0.717, 1.165) is 36.1 Å². The quantitative estimate of drug-likeness (QED) is 0.817. The molecule has 8 heteroatoms. The first-order valence-electron chi connectivity index (χ1n) is 9.24. The maximum absolute atomic E-state index is 12.4. The molecule has 1 fully saturated rings. The van der Waals surface area contributed by atoms with Crippen molar-refractivity contribution in [3.05, 3.63) is 41.6 Å². The fourth-order valence-corrected chi connectivity index (χ4v) is 4.66. The Labute approximate surface area is 160 Å². The molecule has 2 aromatic rings. The van der Waals surface area contributed by atoms with Gasteiger partial charge in [-0.2, -0.15) is 5.10 Å². The SMILES string of the molecule is Cc1ccc(-c2cc(C(=O)NCCS(=O)(=O)N3CCCCC3)nn2C)cc1. The fourth-order valence-electron chi connectivity index (χ4n) is 3.23. The van der Waals surface area contributed by atoms with Gasteiger partial charge in [0.25, 0.3) is 5.91 Å². The number of carbonyl (C=O) groups excluding carboxylic acids is 1. The average Bonchev–Trinajstić information content (AvgIpc) is 3.05. The zero-order valence-corrected chi connectivity index (χ0v) is 16.6. The number of sulfonamides is 1. The predicted molar refractivity (Wildman–Crippen MR) is 105 cm³/mol. The van der Waals surface area contributed by atoms with Crippen molar-refractivity contribution in [2.45, 2.75) is 26.2 Å². The van der Waals surface area contributed by atoms with Crippen LogP contribution in [-0.4, -0.2) is 53.8 Å². The predicted octanol–water partition coefficient (Wildman–Crippen LogP) is 1.94. The summed E-state index contributed by atoms with van der Waals surface area (Å²) in [7, 11) is -1.53. The van der Waals surface area contributed by atoms with E-state index >= 15 is 0 Å². The van der Waals surface area contributed by atoms with Crippen molar-refractivity contribution in [3.8, 4) is 11.3 Å². The highest BCUT2D eigenvalue weighted by Gasteiger charge is 2.24. The molecule has 0 unspecified atom stereocenters. The van der Waals surface area contributed by atoms with Crippen LogP contribution in [0.5, 0.6) is 0 Å². The van der Waals surface area contributed by atoms with Crippen molar-refractivity contribution < 1.29 is 13.2 Å². The molecule has 1 aromatic carbocycles. The van der Waals surface area contributed by atoms with Gasteiger partial charge in [0, 0.05) is 26.7 Å². The van der Waals surface area contributed by atoms with Crippen molar-refractivity contribution in [3.63, 3.8) is 0 Å². The lowest BCUT2D eigenvalue weighted by Crippen LogP contribution is -2.40. The summed E-state index contributed by atoms with van der Waals surface area (Å²) < 4.78 is 27.8. The Kier molecular flexibility index (Phi) is 5.96. The molecule has 27 heavy (non-hydrogen) atoms. The molecule has 1 aliphatic rings. The molecular formula is C19H26N4O3S. The minimum atomic E-state index is -3.32. The van der Waals surface area contributed by atoms with Gasteiger partial charge in [-0.15, -0.1) is 0 Å². The van der Waals surface area contributed by atoms with Crippen molar-refractivity contribution >= 4 is 15.9 Å². The molecule has 0 spiro atoms. The summed E-state index contributed by atoms with van der Waals surface area (Å²) in [4.78, 5) is 12.4. The fraction of sp³-hybridized carbons (Fsp3) is 0.474. The van der Waals surface area contributed by atoms with Crippen molar-refractivity contribution in [2.24, 2.45) is 7.05 Å². The van der Waals surface area contributed by atoms with E-state index in [0.29, 0.717) is 13.1 Å². The van der Waals surface area contributed by atoms with Crippen LogP contribution >= 0.6 is 0 Å². The minimum absolute atomic E-state index is 0.0775. The molecule has 0 saturated carbocycles. The highest BCUT2D eigenvalue weighted by molar-refractivity contribution is 7.89. The molecule has 7 nitrogen and oxygen atoms in total. The van der Waals surface area contributed by atoms with Gasteiger partial charge in [-0.1, -0.05) is 36.2 Å². The minimum Gasteiger partial charge on any atom is -0.350 e. The van der Waals surface area contributed by atoms with E-state index in [4.69, 9.17) is 0 Å². The van der Waals surface area contributed by atoms with Gasteiger partial charge in [-0.3, -0.25) is 9.48 Å². The van der Waals surface area contributed by atoms with Crippen LogP contribution in [-0.2, 0) is 17.1 Å². The summed E-state index contributed by atoms with van der Waals surface area (Å²) >= 11 is 0. The third-order valence-corrected chi connectivity index (χ3v) is 6.69. The molecular weight excluding hydrogens is 364 g/mol. The number of piperidine rings is 1. The van der Waals surface area contributed by atoms with E-state index in [2.05, 4.69) is 10.4 Å². The third-order valence-electron chi connectivity index (χ3n) is 4.81. The molecule has 146 valence electrons. The van der Waals surface area contributed by atoms with Gasteiger partial charge >= 0.3 is 0 Å². The first kappa shape index (κ1) is 19.6. The highest BCUT2D eigenvalue weighted by Crippen LogP contribution is 2.20. The molecule has 1 aromatic heterocycles. The summed E-state index contributed by atoms with van der Waals surface area (Å²) in [5.74, 6) is -0.450. The lowest BCUT2D eigenvalue weighted by atomic mass is 10.1. The van der Waals surface area contributed by atoms with Gasteiger partial charge in [-0.05, 0) is 31.4 Å². The summed E-state index contributed by atoms with van der Waals surface area (Å²) in [6.07, 6.45) is 2.88. The van der Waals surface area contributed by atoms with Gasteiger partial charge in [0.15, 0.2) is 5.69 Å². The van der Waals surface area contributed by atoms with Gasteiger partial charge < -0.3 is 5.32 Å². The maximum atomic E-state index is 12.4. The zero-order chi connectivity index (χ0) is 19.4. The third kappa shape index (κ3) is 4.75. The van der Waals surface area contributed by atoms with Gasteiger partial charge in [0.05, 0.1) is 11.4 Å². The summed E-state index contributed by atoms with van der Waals surface area (Å²) in [5, 5.41) is 6.93. The van der Waals surface area contributed by atoms with Crippen LogP contribution in [0.4, 0.5) is 0 Å². The Balaban J connectivity index is 1.60. The topological polar surface area (TPSA) is 84.3 Å². The highest BCUT2D eigenvalue weighted by atomic mass is 32.2. The molecule has 1 saturated heterocycles. The van der Waals surface area contributed by atoms with E-state index in [1.807, 2.05) is 31.2 Å². The first-order chi connectivity index (χ1) is 12.9. The normalized spacial score (nSPS) is 15.6. The number of aryl methyl sites for hydroxylation is 2. The number of nitrogens with zero attached hydrogens (tertiary/aromatic N) is 3. The molecule has 3 rings (SSSR count). The van der Waals surface area contributed by atoms with E-state index < -0.39 is 10.0 Å². The van der Waals surface area contributed by atoms with E-state index in [-0.39, 0.29) is 23.9 Å². The molecule has 0 atom stereocenters. The lowest BCUT2D eigenvalue weighted by molar-refractivity contribution is 0.0950. The molecule has 0 aliphatic carbocycles. The molecule has 1 amide bonds. The molecule has 2 heterocycles. The summed E-state index contributed by atoms with van der Waals surface area (Å²) in [6.45, 7) is 3.25. The van der Waals surface area contributed by atoms with Crippen LogP contribution in [0, 0.1) is 6.92 Å². The zero-order valence-electron chi connectivity index (χ0n) is 15.8. The van der Waals surface area contributed by atoms with Gasteiger partial charge in [-0.25, -0.2) is 12.7 Å². The van der Waals surface area contributed by atoms with E-state index in [1.54, 1.807) is 17.8 Å². The van der Waals surface area contributed by atoms with Crippen LogP contribution in [0.2, 0.25) is 0 Å². The van der Waals surface area contributed by atoms with Crippen LogP contribution in [0.15, 0.2) is 30.3 Å². The Morgan fingerprint density at radius 3 is 2.48 bits per heavy atom. The standard InChI is InChI=1S/C19H26N4O3S/c1-15-6-8-16(9-7-15)18-14-17(21-22(18)2)19(24)20-10-13-27(25,26)23-11-4-3-5-12-23/h6-9,14H,3-5,10-13H2,1-2H3,(H,20,24). The van der Waals surface area contributed by atoms with E-state index in [1.165, 1.54) is 4.31 Å². The Bertz CT molecular complexity index is 898. The monoisotopic (exact) mass is 390 g/mol. The van der Waals surface area contributed by atoms with Crippen LogP contribution in [0.3, 0.4) is 0 Å².